The van der Waals surface area contributed by atoms with E-state index in [0.29, 0.717) is 18.5 Å². The van der Waals surface area contributed by atoms with Crippen LogP contribution in [0.25, 0.3) is 11.0 Å². The lowest BCUT2D eigenvalue weighted by Crippen LogP contribution is -2.51. The number of anilines is 1. The van der Waals surface area contributed by atoms with Gasteiger partial charge in [0, 0.05) is 43.8 Å². The average molecular weight is 517 g/mol. The van der Waals surface area contributed by atoms with Crippen molar-refractivity contribution < 1.29 is 4.79 Å². The quantitative estimate of drug-likeness (QED) is 0.475. The van der Waals surface area contributed by atoms with Crippen molar-refractivity contribution in [2.24, 2.45) is 5.92 Å². The molecule has 0 spiro atoms. The molecule has 38 heavy (non-hydrogen) atoms. The first-order valence-electron chi connectivity index (χ1n) is 14.6. The molecule has 0 N–H and O–H groups in total. The van der Waals surface area contributed by atoms with Crippen LogP contribution in [0.15, 0.2) is 30.7 Å². The van der Waals surface area contributed by atoms with Gasteiger partial charge in [-0.1, -0.05) is 19.4 Å². The molecule has 202 valence electrons. The summed E-state index contributed by atoms with van der Waals surface area (Å²) in [7, 11) is 0. The van der Waals surface area contributed by atoms with Crippen molar-refractivity contribution >= 4 is 22.8 Å². The van der Waals surface area contributed by atoms with Crippen LogP contribution < -0.4 is 4.90 Å². The highest BCUT2D eigenvalue weighted by Gasteiger charge is 2.34. The molecule has 3 fully saturated rings. The van der Waals surface area contributed by atoms with Gasteiger partial charge in [-0.15, -0.1) is 0 Å². The minimum absolute atomic E-state index is 0.203. The first kappa shape index (κ1) is 25.2. The van der Waals surface area contributed by atoms with Crippen LogP contribution >= 0.6 is 0 Å². The topological polar surface area (TPSA) is 83.3 Å². The Hall–Kier alpha value is -3.07. The largest absolute Gasteiger partial charge is 0.352 e. The maximum absolute atomic E-state index is 13.3. The lowest BCUT2D eigenvalue weighted by Gasteiger charge is -2.39. The lowest BCUT2D eigenvalue weighted by molar-refractivity contribution is -0.137. The number of hydrogen-bond acceptors (Lipinski definition) is 7. The number of aromatic nitrogens is 5. The maximum atomic E-state index is 13.3. The number of rotatable bonds is 7. The minimum atomic E-state index is 0.203. The summed E-state index contributed by atoms with van der Waals surface area (Å²) >= 11 is 0. The van der Waals surface area contributed by atoms with Crippen LogP contribution in [-0.4, -0.2) is 85.7 Å². The molecular weight excluding hydrogens is 476 g/mol. The van der Waals surface area contributed by atoms with Crippen LogP contribution in [0.3, 0.4) is 0 Å². The Kier molecular flexibility index (Phi) is 7.53. The second-order valence-corrected chi connectivity index (χ2v) is 11.2. The summed E-state index contributed by atoms with van der Waals surface area (Å²) in [6.07, 6.45) is 12.7. The highest BCUT2D eigenvalue weighted by molar-refractivity contribution is 5.87. The van der Waals surface area contributed by atoms with Gasteiger partial charge in [-0.2, -0.15) is 5.10 Å². The third kappa shape index (κ3) is 5.25. The zero-order valence-corrected chi connectivity index (χ0v) is 22.6. The van der Waals surface area contributed by atoms with Gasteiger partial charge in [0.05, 0.1) is 23.8 Å². The molecule has 2 saturated heterocycles. The van der Waals surface area contributed by atoms with Gasteiger partial charge in [-0.3, -0.25) is 9.78 Å². The monoisotopic (exact) mass is 516 g/mol. The third-order valence-electron chi connectivity index (χ3n) is 8.69. The summed E-state index contributed by atoms with van der Waals surface area (Å²) in [5.41, 5.74) is 2.93. The van der Waals surface area contributed by atoms with Crippen molar-refractivity contribution in [2.45, 2.75) is 70.9 Å². The summed E-state index contributed by atoms with van der Waals surface area (Å²) in [5, 5.41) is 5.60. The fraction of sp³-hybridized carbons (Fsp3) is 0.621. The van der Waals surface area contributed by atoms with E-state index in [0.717, 1.165) is 80.1 Å². The number of amides is 1. The van der Waals surface area contributed by atoms with Gasteiger partial charge < -0.3 is 14.7 Å². The van der Waals surface area contributed by atoms with E-state index in [2.05, 4.69) is 48.8 Å². The predicted octanol–water partition coefficient (Wildman–Crippen LogP) is 3.53. The van der Waals surface area contributed by atoms with E-state index in [9.17, 15) is 4.79 Å². The van der Waals surface area contributed by atoms with Gasteiger partial charge in [-0.05, 0) is 70.2 Å². The fourth-order valence-electron chi connectivity index (χ4n) is 6.61. The van der Waals surface area contributed by atoms with Crippen molar-refractivity contribution in [1.29, 1.82) is 0 Å². The molecule has 1 amide bonds. The summed E-state index contributed by atoms with van der Waals surface area (Å²) in [6.45, 7) is 8.33. The lowest BCUT2D eigenvalue weighted by atomic mass is 9.84. The van der Waals surface area contributed by atoms with Gasteiger partial charge in [0.25, 0.3) is 0 Å². The SMILES string of the molecule is CCCc1cccc(Cn2ncc3c(N4CCN(C(=O)C5CCC(N6CCCC6)CC5)CC4)ncnc32)n1. The Labute approximate surface area is 225 Å². The van der Waals surface area contributed by atoms with Crippen molar-refractivity contribution in [3.05, 3.63) is 42.1 Å². The number of likely N-dealkylation sites (tertiary alicyclic amines) is 1. The molecule has 1 saturated carbocycles. The number of fused-ring (bicyclic) bond motifs is 1. The number of nitrogens with zero attached hydrogens (tertiary/aromatic N) is 8. The molecule has 3 aromatic rings. The molecule has 5 heterocycles. The van der Waals surface area contributed by atoms with E-state index < -0.39 is 0 Å². The van der Waals surface area contributed by atoms with Gasteiger partial charge >= 0.3 is 0 Å². The van der Waals surface area contributed by atoms with Gasteiger partial charge in [0.1, 0.15) is 12.1 Å². The molecule has 0 atom stereocenters. The van der Waals surface area contributed by atoms with Crippen LogP contribution in [0.4, 0.5) is 5.82 Å². The number of piperazine rings is 1. The Morgan fingerprint density at radius 2 is 1.71 bits per heavy atom. The van der Waals surface area contributed by atoms with Crippen LogP contribution in [-0.2, 0) is 17.8 Å². The van der Waals surface area contributed by atoms with E-state index in [1.165, 1.54) is 38.8 Å². The van der Waals surface area contributed by atoms with Crippen LogP contribution in [0.2, 0.25) is 0 Å². The van der Waals surface area contributed by atoms with Crippen molar-refractivity contribution in [3.8, 4) is 0 Å². The minimum Gasteiger partial charge on any atom is -0.352 e. The van der Waals surface area contributed by atoms with Crippen molar-refractivity contribution in [2.75, 3.05) is 44.2 Å². The van der Waals surface area contributed by atoms with Gasteiger partial charge in [-0.25, -0.2) is 14.6 Å². The maximum Gasteiger partial charge on any atom is 0.225 e. The Bertz CT molecular complexity index is 1240. The molecule has 9 nitrogen and oxygen atoms in total. The molecule has 0 unspecified atom stereocenters. The Morgan fingerprint density at radius 3 is 2.47 bits per heavy atom. The van der Waals surface area contributed by atoms with E-state index in [1.807, 2.05) is 16.9 Å². The zero-order chi connectivity index (χ0) is 25.9. The highest BCUT2D eigenvalue weighted by atomic mass is 16.2. The number of carbonyl (C=O) groups excluding carboxylic acids is 1. The van der Waals surface area contributed by atoms with Crippen molar-refractivity contribution in [3.63, 3.8) is 0 Å². The molecule has 9 heteroatoms. The second kappa shape index (κ2) is 11.4. The number of aryl methyl sites for hydroxylation is 1. The predicted molar refractivity (Wildman–Crippen MR) is 148 cm³/mol. The number of carbonyl (C=O) groups is 1. The van der Waals surface area contributed by atoms with Crippen LogP contribution in [0.1, 0.15) is 63.3 Å². The smallest absolute Gasteiger partial charge is 0.225 e. The average Bonchev–Trinajstić information content (AvgIpc) is 3.64. The summed E-state index contributed by atoms with van der Waals surface area (Å²) < 4.78 is 1.91. The van der Waals surface area contributed by atoms with E-state index in [4.69, 9.17) is 4.98 Å². The summed E-state index contributed by atoms with van der Waals surface area (Å²) in [5.74, 6) is 1.48. The van der Waals surface area contributed by atoms with Gasteiger partial charge in [0.2, 0.25) is 5.91 Å². The van der Waals surface area contributed by atoms with Gasteiger partial charge in [0.15, 0.2) is 5.65 Å². The van der Waals surface area contributed by atoms with E-state index in [-0.39, 0.29) is 5.92 Å². The Morgan fingerprint density at radius 1 is 0.947 bits per heavy atom. The molecule has 3 aromatic heterocycles. The molecule has 6 rings (SSSR count). The zero-order valence-electron chi connectivity index (χ0n) is 22.6. The van der Waals surface area contributed by atoms with Crippen LogP contribution in [0.5, 0.6) is 0 Å². The molecule has 1 aliphatic carbocycles. The molecule has 0 radical (unpaired) electrons. The highest BCUT2D eigenvalue weighted by Crippen LogP contribution is 2.31. The van der Waals surface area contributed by atoms with E-state index >= 15 is 0 Å². The van der Waals surface area contributed by atoms with E-state index in [1.54, 1.807) is 6.33 Å². The fourth-order valence-corrected chi connectivity index (χ4v) is 6.61. The molecular formula is C29H40N8O. The number of hydrogen-bond donors (Lipinski definition) is 0. The standard InChI is InChI=1S/C29H40N8O/c1-2-6-23-7-5-8-24(33-23)20-37-28-26(19-32-37)27(30-21-31-28)35-15-17-36(18-16-35)29(38)22-9-11-25(12-10-22)34-13-3-4-14-34/h5,7-8,19,21-22,25H,2-4,6,9-18,20H2,1H3. The third-order valence-corrected chi connectivity index (χ3v) is 8.69. The molecule has 0 aromatic carbocycles. The second-order valence-electron chi connectivity index (χ2n) is 11.2. The molecule has 2 aliphatic heterocycles. The summed E-state index contributed by atoms with van der Waals surface area (Å²) in [4.78, 5) is 34.3. The first-order valence-corrected chi connectivity index (χ1v) is 14.6. The summed E-state index contributed by atoms with van der Waals surface area (Å²) in [6, 6.07) is 6.90. The normalized spacial score (nSPS) is 22.9. The first-order chi connectivity index (χ1) is 18.7. The number of pyridine rings is 1. The molecule has 0 bridgehead atoms. The molecule has 3 aliphatic rings. The van der Waals surface area contributed by atoms with Crippen LogP contribution in [0, 0.1) is 5.92 Å². The van der Waals surface area contributed by atoms with Crippen molar-refractivity contribution in [1.82, 2.24) is 34.5 Å². The Balaban J connectivity index is 1.07.